The predicted octanol–water partition coefficient (Wildman–Crippen LogP) is 0.968. The van der Waals surface area contributed by atoms with Crippen LogP contribution in [0.1, 0.15) is 24.2 Å². The zero-order valence-corrected chi connectivity index (χ0v) is 10.9. The van der Waals surface area contributed by atoms with E-state index >= 15 is 0 Å². The lowest BCUT2D eigenvalue weighted by molar-refractivity contribution is -0.120. The Morgan fingerprint density at radius 2 is 1.83 bits per heavy atom. The fourth-order valence-corrected chi connectivity index (χ4v) is 1.68. The second-order valence-electron chi connectivity index (χ2n) is 4.39. The third-order valence-electron chi connectivity index (χ3n) is 2.70. The van der Waals surface area contributed by atoms with Crippen LogP contribution >= 0.6 is 0 Å². The maximum Gasteiger partial charge on any atom is 0.254 e. The van der Waals surface area contributed by atoms with Gasteiger partial charge in [0.25, 0.3) is 5.91 Å². The third kappa shape index (κ3) is 3.23. The van der Waals surface area contributed by atoms with Crippen molar-refractivity contribution >= 4 is 17.5 Å². The van der Waals surface area contributed by atoms with Gasteiger partial charge in [-0.3, -0.25) is 9.59 Å². The number of rotatable bonds is 5. The molecule has 0 aromatic heterocycles. The summed E-state index contributed by atoms with van der Waals surface area (Å²) in [4.78, 5) is 23.3. The van der Waals surface area contributed by atoms with Crippen molar-refractivity contribution in [3.8, 4) is 0 Å². The Kier molecular flexibility index (Phi) is 4.71. The van der Waals surface area contributed by atoms with Crippen LogP contribution in [0.2, 0.25) is 0 Å². The van der Waals surface area contributed by atoms with E-state index in [-0.39, 0.29) is 11.8 Å². The Balaban J connectivity index is 2.90. The molecule has 5 nitrogen and oxygen atoms in total. The molecule has 1 aromatic rings. The number of hydrogen-bond acceptors (Lipinski definition) is 3. The fourth-order valence-electron chi connectivity index (χ4n) is 1.68. The SMILES string of the molecule is CNc1ccccc1C(=O)NC(C(N)=O)C(C)C. The van der Waals surface area contributed by atoms with E-state index in [1.54, 1.807) is 25.2 Å². The molecule has 2 amide bonds. The van der Waals surface area contributed by atoms with Crippen molar-refractivity contribution in [3.05, 3.63) is 29.8 Å². The molecule has 0 aliphatic heterocycles. The van der Waals surface area contributed by atoms with Crippen LogP contribution in [-0.4, -0.2) is 24.9 Å². The molecule has 1 atom stereocenters. The van der Waals surface area contributed by atoms with Crippen LogP contribution in [-0.2, 0) is 4.79 Å². The van der Waals surface area contributed by atoms with Crippen LogP contribution in [0.3, 0.4) is 0 Å². The van der Waals surface area contributed by atoms with Gasteiger partial charge in [0.15, 0.2) is 0 Å². The lowest BCUT2D eigenvalue weighted by Gasteiger charge is -2.19. The zero-order chi connectivity index (χ0) is 13.7. The maximum atomic E-state index is 12.1. The van der Waals surface area contributed by atoms with Crippen LogP contribution in [0.5, 0.6) is 0 Å². The van der Waals surface area contributed by atoms with Gasteiger partial charge in [0.1, 0.15) is 6.04 Å². The number of anilines is 1. The highest BCUT2D eigenvalue weighted by atomic mass is 16.2. The molecule has 0 saturated heterocycles. The van der Waals surface area contributed by atoms with Gasteiger partial charge in [0.2, 0.25) is 5.91 Å². The van der Waals surface area contributed by atoms with Gasteiger partial charge in [0.05, 0.1) is 5.56 Å². The summed E-state index contributed by atoms with van der Waals surface area (Å²) in [5.74, 6) is -0.883. The number of nitrogens with two attached hydrogens (primary N) is 1. The molecular formula is C13H19N3O2. The number of primary amides is 1. The highest BCUT2D eigenvalue weighted by molar-refractivity contribution is 6.01. The average Bonchev–Trinajstić information content (AvgIpc) is 2.34. The molecule has 1 unspecified atom stereocenters. The summed E-state index contributed by atoms with van der Waals surface area (Å²) in [5, 5.41) is 5.58. The largest absolute Gasteiger partial charge is 0.387 e. The first kappa shape index (κ1) is 14.0. The quantitative estimate of drug-likeness (QED) is 0.727. The van der Waals surface area contributed by atoms with Gasteiger partial charge in [-0.1, -0.05) is 26.0 Å². The van der Waals surface area contributed by atoms with E-state index in [2.05, 4.69) is 10.6 Å². The molecule has 5 heteroatoms. The van der Waals surface area contributed by atoms with E-state index in [0.717, 1.165) is 0 Å². The summed E-state index contributed by atoms with van der Waals surface area (Å²) < 4.78 is 0. The van der Waals surface area contributed by atoms with E-state index in [0.29, 0.717) is 11.3 Å². The smallest absolute Gasteiger partial charge is 0.254 e. The number of carbonyl (C=O) groups is 2. The van der Waals surface area contributed by atoms with Gasteiger partial charge < -0.3 is 16.4 Å². The topological polar surface area (TPSA) is 84.2 Å². The molecule has 0 aliphatic rings. The Labute approximate surface area is 107 Å². The number of nitrogens with one attached hydrogen (secondary N) is 2. The highest BCUT2D eigenvalue weighted by Crippen LogP contribution is 2.14. The average molecular weight is 249 g/mol. The Hall–Kier alpha value is -2.04. The first-order valence-electron chi connectivity index (χ1n) is 5.84. The van der Waals surface area contributed by atoms with Gasteiger partial charge in [0, 0.05) is 12.7 Å². The minimum Gasteiger partial charge on any atom is -0.387 e. The molecule has 0 spiro atoms. The lowest BCUT2D eigenvalue weighted by atomic mass is 10.0. The van der Waals surface area contributed by atoms with Gasteiger partial charge in [-0.05, 0) is 18.1 Å². The van der Waals surface area contributed by atoms with E-state index in [1.165, 1.54) is 0 Å². The molecule has 1 rings (SSSR count). The Morgan fingerprint density at radius 3 is 2.33 bits per heavy atom. The van der Waals surface area contributed by atoms with Crippen LogP contribution in [0.25, 0.3) is 0 Å². The molecule has 18 heavy (non-hydrogen) atoms. The first-order valence-corrected chi connectivity index (χ1v) is 5.84. The lowest BCUT2D eigenvalue weighted by Crippen LogP contribution is -2.47. The van der Waals surface area contributed by atoms with Crippen molar-refractivity contribution in [2.75, 3.05) is 12.4 Å². The second kappa shape index (κ2) is 6.05. The van der Waals surface area contributed by atoms with Crippen molar-refractivity contribution in [1.29, 1.82) is 0 Å². The summed E-state index contributed by atoms with van der Waals surface area (Å²) in [6.07, 6.45) is 0. The molecule has 0 bridgehead atoms. The van der Waals surface area contributed by atoms with Gasteiger partial charge in [-0.25, -0.2) is 0 Å². The summed E-state index contributed by atoms with van der Waals surface area (Å²) in [5.41, 5.74) is 6.47. The normalized spacial score (nSPS) is 12.0. The Bertz CT molecular complexity index is 444. The maximum absolute atomic E-state index is 12.1. The third-order valence-corrected chi connectivity index (χ3v) is 2.70. The molecule has 0 saturated carbocycles. The van der Waals surface area contributed by atoms with Crippen LogP contribution in [0.4, 0.5) is 5.69 Å². The number of amides is 2. The molecule has 0 heterocycles. The van der Waals surface area contributed by atoms with Gasteiger partial charge >= 0.3 is 0 Å². The standard InChI is InChI=1S/C13H19N3O2/c1-8(2)11(12(14)17)16-13(18)9-6-4-5-7-10(9)15-3/h4-8,11,15H,1-3H3,(H2,14,17)(H,16,18). The minimum atomic E-state index is -0.664. The fraction of sp³-hybridized carbons (Fsp3) is 0.385. The van der Waals surface area contributed by atoms with Crippen LogP contribution in [0, 0.1) is 5.92 Å². The van der Waals surface area contributed by atoms with Crippen LogP contribution < -0.4 is 16.4 Å². The van der Waals surface area contributed by atoms with Crippen molar-refractivity contribution in [2.24, 2.45) is 11.7 Å². The molecule has 0 aliphatic carbocycles. The van der Waals surface area contributed by atoms with E-state index in [4.69, 9.17) is 5.73 Å². The van der Waals surface area contributed by atoms with Gasteiger partial charge in [-0.15, -0.1) is 0 Å². The summed E-state index contributed by atoms with van der Waals surface area (Å²) in [6.45, 7) is 3.67. The second-order valence-corrected chi connectivity index (χ2v) is 4.39. The Morgan fingerprint density at radius 1 is 1.22 bits per heavy atom. The van der Waals surface area contributed by atoms with Crippen molar-refractivity contribution in [2.45, 2.75) is 19.9 Å². The highest BCUT2D eigenvalue weighted by Gasteiger charge is 2.23. The summed E-state index contributed by atoms with van der Waals surface area (Å²) in [6, 6.07) is 6.42. The summed E-state index contributed by atoms with van der Waals surface area (Å²) in [7, 11) is 1.74. The van der Waals surface area contributed by atoms with E-state index in [1.807, 2.05) is 19.9 Å². The number of para-hydroxylation sites is 1. The molecule has 1 aromatic carbocycles. The van der Waals surface area contributed by atoms with Crippen LogP contribution in [0.15, 0.2) is 24.3 Å². The monoisotopic (exact) mass is 249 g/mol. The van der Waals surface area contributed by atoms with Crippen molar-refractivity contribution < 1.29 is 9.59 Å². The molecule has 0 radical (unpaired) electrons. The zero-order valence-electron chi connectivity index (χ0n) is 10.9. The first-order chi connectivity index (χ1) is 8.47. The predicted molar refractivity (Wildman–Crippen MR) is 71.3 cm³/mol. The molecule has 0 fully saturated rings. The molecule has 4 N–H and O–H groups in total. The number of carbonyl (C=O) groups excluding carboxylic acids is 2. The van der Waals surface area contributed by atoms with E-state index in [9.17, 15) is 9.59 Å². The number of benzene rings is 1. The van der Waals surface area contributed by atoms with Crippen molar-refractivity contribution in [3.63, 3.8) is 0 Å². The number of hydrogen-bond donors (Lipinski definition) is 3. The molecular weight excluding hydrogens is 230 g/mol. The van der Waals surface area contributed by atoms with Gasteiger partial charge in [-0.2, -0.15) is 0 Å². The summed E-state index contributed by atoms with van der Waals surface area (Å²) >= 11 is 0. The minimum absolute atomic E-state index is 0.0480. The van der Waals surface area contributed by atoms with Crippen molar-refractivity contribution in [1.82, 2.24) is 5.32 Å². The van der Waals surface area contributed by atoms with E-state index < -0.39 is 11.9 Å². The molecule has 98 valence electrons.